The summed E-state index contributed by atoms with van der Waals surface area (Å²) in [5.41, 5.74) is 7.51. The molecule has 0 saturated heterocycles. The number of hydrogen-bond acceptors (Lipinski definition) is 4. The molecule has 2 aromatic carbocycles. The molecule has 0 saturated carbocycles. The van der Waals surface area contributed by atoms with Crippen LogP contribution in [0, 0.1) is 0 Å². The van der Waals surface area contributed by atoms with Gasteiger partial charge in [0.15, 0.2) is 12.4 Å². The minimum Gasteiger partial charge on any atom is -0.374 e. The molecule has 0 aliphatic heterocycles. The van der Waals surface area contributed by atoms with Crippen molar-refractivity contribution in [1.29, 1.82) is 0 Å². The van der Waals surface area contributed by atoms with Gasteiger partial charge in [0.25, 0.3) is 0 Å². The number of quaternary nitrogens is 3. The van der Waals surface area contributed by atoms with Crippen molar-refractivity contribution in [2.24, 2.45) is 0 Å². The topological polar surface area (TPSA) is 31.4 Å². The van der Waals surface area contributed by atoms with Crippen LogP contribution in [0.1, 0.15) is 69.6 Å². The SMILES string of the molecule is C/C=C(\C=C/[NH2+]CC)/C=C/c1ccc(N(C)CCC[NH+](C)CCCCSSCCC[N+](C)(C)CCCN(C)c2ccc(/C=C/c3cc[n+](CC)cc3)cc2)cc1. The molecular weight excluding hydrogens is 725 g/mol. The van der Waals surface area contributed by atoms with E-state index in [2.05, 4.69) is 213 Å². The molecule has 0 radical (unpaired) electrons. The first-order chi connectivity index (χ1) is 27.1. The molecule has 3 rings (SSSR count). The highest BCUT2D eigenvalue weighted by Gasteiger charge is 2.15. The summed E-state index contributed by atoms with van der Waals surface area (Å²) in [6.07, 6.45) is 25.8. The lowest BCUT2D eigenvalue weighted by Crippen LogP contribution is -3.09. The van der Waals surface area contributed by atoms with Gasteiger partial charge in [0.05, 0.1) is 60.1 Å². The molecule has 3 N–H and O–H groups in total. The van der Waals surface area contributed by atoms with Crippen molar-refractivity contribution < 1.29 is 19.3 Å². The van der Waals surface area contributed by atoms with Crippen LogP contribution in [-0.2, 0) is 6.54 Å². The van der Waals surface area contributed by atoms with Crippen LogP contribution in [-0.4, -0.2) is 97.0 Å². The maximum atomic E-state index is 2.40. The fourth-order valence-corrected chi connectivity index (χ4v) is 8.74. The number of hydrogen-bond donors (Lipinski definition) is 2. The van der Waals surface area contributed by atoms with Crippen LogP contribution < -0.4 is 24.6 Å². The predicted molar refractivity (Wildman–Crippen MR) is 252 cm³/mol. The Morgan fingerprint density at radius 3 is 1.82 bits per heavy atom. The van der Waals surface area contributed by atoms with Gasteiger partial charge < -0.3 is 24.5 Å². The summed E-state index contributed by atoms with van der Waals surface area (Å²) < 4.78 is 3.28. The average Bonchev–Trinajstić information content (AvgIpc) is 3.21. The number of pyridine rings is 1. The molecule has 1 atom stereocenters. The summed E-state index contributed by atoms with van der Waals surface area (Å²) in [5.74, 6) is 2.52. The summed E-state index contributed by atoms with van der Waals surface area (Å²) in [7, 11) is 15.7. The van der Waals surface area contributed by atoms with Gasteiger partial charge in [-0.15, -0.1) is 0 Å². The third kappa shape index (κ3) is 19.7. The van der Waals surface area contributed by atoms with Gasteiger partial charge in [-0.25, -0.2) is 4.57 Å². The number of nitrogens with one attached hydrogen (secondary N) is 1. The molecular formula is C48H76N6S2+4. The lowest BCUT2D eigenvalue weighted by molar-refractivity contribution is -0.890. The Balaban J connectivity index is 1.18. The Morgan fingerprint density at radius 2 is 1.23 bits per heavy atom. The lowest BCUT2D eigenvalue weighted by atomic mass is 10.1. The van der Waals surface area contributed by atoms with E-state index in [9.17, 15) is 0 Å². The third-order valence-corrected chi connectivity index (χ3v) is 13.0. The molecule has 0 spiro atoms. The Labute approximate surface area is 350 Å². The smallest absolute Gasteiger partial charge is 0.169 e. The van der Waals surface area contributed by atoms with Crippen LogP contribution in [0.2, 0.25) is 0 Å². The van der Waals surface area contributed by atoms with E-state index >= 15 is 0 Å². The van der Waals surface area contributed by atoms with Crippen LogP contribution in [0.4, 0.5) is 11.4 Å². The fourth-order valence-electron chi connectivity index (χ4n) is 6.52. The van der Waals surface area contributed by atoms with Crippen molar-refractivity contribution in [2.75, 3.05) is 102 Å². The number of rotatable bonds is 28. The molecule has 0 bridgehead atoms. The molecule has 0 amide bonds. The van der Waals surface area contributed by atoms with Gasteiger partial charge in [-0.1, -0.05) is 76.2 Å². The van der Waals surface area contributed by atoms with Crippen LogP contribution in [0.3, 0.4) is 0 Å². The Hall–Kier alpha value is -3.27. The van der Waals surface area contributed by atoms with Crippen LogP contribution in [0.25, 0.3) is 18.2 Å². The molecule has 56 heavy (non-hydrogen) atoms. The number of nitrogens with zero attached hydrogens (tertiary/aromatic N) is 4. The molecule has 3 aromatic rings. The van der Waals surface area contributed by atoms with Gasteiger partial charge in [0.2, 0.25) is 0 Å². The molecule has 1 aromatic heterocycles. The molecule has 0 fully saturated rings. The molecule has 1 heterocycles. The normalized spacial score (nSPS) is 13.0. The summed E-state index contributed by atoms with van der Waals surface area (Å²) in [5, 5.41) is 2.18. The van der Waals surface area contributed by atoms with Gasteiger partial charge in [-0.3, -0.25) is 0 Å². The number of aryl methyl sites for hydroxylation is 1. The second kappa shape index (κ2) is 27.4. The van der Waals surface area contributed by atoms with E-state index in [1.54, 1.807) is 4.90 Å². The van der Waals surface area contributed by atoms with Gasteiger partial charge in [0, 0.05) is 81.5 Å². The quantitative estimate of drug-likeness (QED) is 0.0259. The molecule has 0 aliphatic carbocycles. The Morgan fingerprint density at radius 1 is 0.696 bits per heavy atom. The van der Waals surface area contributed by atoms with E-state index < -0.39 is 0 Å². The van der Waals surface area contributed by atoms with Gasteiger partial charge >= 0.3 is 0 Å². The standard InChI is InChI=1S/C48H74N6S2/c1-9-43(29-32-49-10-2)17-18-44-21-25-47(26-22-44)51(5)35-14-34-50(4)33-12-13-41-55-56-42-16-40-54(7,8)39-15-36-52(6)48-27-23-45(24-28-48)19-20-46-30-37-53(11-3)38-31-46/h9,17-32,37-38,49H,10-16,33-36,39-42H2,1-8H3/q+2/p+2/b18-17+,32-29-,43-9-. The highest BCUT2D eigenvalue weighted by atomic mass is 33.1. The number of anilines is 2. The third-order valence-electron chi connectivity index (χ3n) is 10.4. The van der Waals surface area contributed by atoms with Crippen molar-refractivity contribution in [1.82, 2.24) is 0 Å². The van der Waals surface area contributed by atoms with Crippen LogP contribution in [0.15, 0.2) is 103 Å². The summed E-state index contributed by atoms with van der Waals surface area (Å²) >= 11 is 0. The van der Waals surface area contributed by atoms with Gasteiger partial charge in [-0.05, 0) is 86.2 Å². The molecule has 1 unspecified atom stereocenters. The van der Waals surface area contributed by atoms with Gasteiger partial charge in [-0.2, -0.15) is 0 Å². The maximum Gasteiger partial charge on any atom is 0.169 e. The average molecular weight is 801 g/mol. The minimum atomic E-state index is 1.00. The predicted octanol–water partition coefficient (Wildman–Crippen LogP) is 7.72. The number of aromatic nitrogens is 1. The number of allylic oxidation sites excluding steroid dienone is 4. The zero-order valence-corrected chi connectivity index (χ0v) is 37.9. The van der Waals surface area contributed by atoms with E-state index in [1.807, 2.05) is 0 Å². The van der Waals surface area contributed by atoms with E-state index in [1.165, 1.54) is 103 Å². The summed E-state index contributed by atoms with van der Waals surface area (Å²) in [4.78, 5) is 6.44. The number of nitrogens with two attached hydrogens (primary N) is 1. The van der Waals surface area contributed by atoms with Crippen molar-refractivity contribution in [3.63, 3.8) is 0 Å². The fraction of sp³-hybridized carbons (Fsp3) is 0.479. The monoisotopic (exact) mass is 801 g/mol. The molecule has 6 nitrogen and oxygen atoms in total. The summed E-state index contributed by atoms with van der Waals surface area (Å²) in [6.45, 7) is 15.6. The highest BCUT2D eigenvalue weighted by molar-refractivity contribution is 8.76. The van der Waals surface area contributed by atoms with E-state index in [4.69, 9.17) is 0 Å². The van der Waals surface area contributed by atoms with Crippen molar-refractivity contribution in [2.45, 2.75) is 59.4 Å². The maximum absolute atomic E-state index is 2.40. The largest absolute Gasteiger partial charge is 0.374 e. The van der Waals surface area contributed by atoms with E-state index in [0.717, 1.165) is 30.7 Å². The second-order valence-corrected chi connectivity index (χ2v) is 18.4. The first kappa shape index (κ1) is 47.1. The highest BCUT2D eigenvalue weighted by Crippen LogP contribution is 2.24. The van der Waals surface area contributed by atoms with E-state index in [0.29, 0.717) is 0 Å². The van der Waals surface area contributed by atoms with Crippen molar-refractivity contribution in [3.8, 4) is 0 Å². The van der Waals surface area contributed by atoms with Crippen molar-refractivity contribution in [3.05, 3.63) is 120 Å². The zero-order chi connectivity index (χ0) is 40.4. The van der Waals surface area contributed by atoms with E-state index in [-0.39, 0.29) is 0 Å². The second-order valence-electron chi connectivity index (χ2n) is 15.7. The first-order valence-electron chi connectivity index (χ1n) is 21.1. The lowest BCUT2D eigenvalue weighted by Gasteiger charge is -2.31. The van der Waals surface area contributed by atoms with Crippen molar-refractivity contribution >= 4 is 51.2 Å². The van der Waals surface area contributed by atoms with Crippen LogP contribution >= 0.6 is 21.6 Å². The molecule has 0 aliphatic rings. The number of unbranched alkanes of at least 4 members (excludes halogenated alkanes) is 1. The summed E-state index contributed by atoms with van der Waals surface area (Å²) in [6, 6.07) is 22.2. The van der Waals surface area contributed by atoms with Gasteiger partial charge in [0.1, 0.15) is 6.54 Å². The molecule has 8 heteroatoms. The Bertz CT molecular complexity index is 1600. The molecule has 306 valence electrons. The zero-order valence-electron chi connectivity index (χ0n) is 36.3. The van der Waals surface area contributed by atoms with Crippen LogP contribution in [0.5, 0.6) is 0 Å². The minimum absolute atomic E-state index is 1.00. The first-order valence-corrected chi connectivity index (χ1v) is 23.6. The Kier molecular flexibility index (Phi) is 23.0. The number of benzene rings is 2.